The molecule has 30 heavy (non-hydrogen) atoms. The Hall–Kier alpha value is -2.86. The Kier molecular flexibility index (Phi) is 6.33. The average molecular weight is 408 g/mol. The standard InChI is InChI=1S/C24H29N3O3/c1-18(19-5-9-21(10-6-19)26-14-16-30-17-15-26)25-24(29)20-7-11-22(12-8-20)27-13-3-2-4-23(27)28/h5-12,18H,2-4,13-17H2,1H3,(H,25,29). The number of rotatable bonds is 5. The largest absolute Gasteiger partial charge is 0.378 e. The maximum absolute atomic E-state index is 12.7. The van der Waals surface area contributed by atoms with Gasteiger partial charge >= 0.3 is 0 Å². The Morgan fingerprint density at radius 1 is 0.933 bits per heavy atom. The van der Waals surface area contributed by atoms with Gasteiger partial charge in [0.25, 0.3) is 5.91 Å². The summed E-state index contributed by atoms with van der Waals surface area (Å²) in [6, 6.07) is 15.6. The number of piperidine rings is 1. The highest BCUT2D eigenvalue weighted by molar-refractivity contribution is 5.97. The van der Waals surface area contributed by atoms with Crippen LogP contribution in [0.15, 0.2) is 48.5 Å². The van der Waals surface area contributed by atoms with Gasteiger partial charge in [0.05, 0.1) is 19.3 Å². The van der Waals surface area contributed by atoms with Crippen LogP contribution in [0.3, 0.4) is 0 Å². The first-order valence-electron chi connectivity index (χ1n) is 10.8. The van der Waals surface area contributed by atoms with E-state index in [0.717, 1.165) is 56.9 Å². The molecule has 6 nitrogen and oxygen atoms in total. The summed E-state index contributed by atoms with van der Waals surface area (Å²) in [4.78, 5) is 28.9. The van der Waals surface area contributed by atoms with E-state index in [1.54, 1.807) is 12.1 Å². The van der Waals surface area contributed by atoms with Gasteiger partial charge in [-0.15, -0.1) is 0 Å². The van der Waals surface area contributed by atoms with E-state index >= 15 is 0 Å². The number of ether oxygens (including phenoxy) is 1. The molecule has 1 unspecified atom stereocenters. The van der Waals surface area contributed by atoms with Gasteiger partial charge in [-0.3, -0.25) is 9.59 Å². The molecule has 0 spiro atoms. The molecule has 2 aromatic carbocycles. The molecule has 0 aliphatic carbocycles. The molecule has 2 aliphatic rings. The van der Waals surface area contributed by atoms with Gasteiger partial charge in [0.15, 0.2) is 0 Å². The predicted octanol–water partition coefficient (Wildman–Crippen LogP) is 3.53. The second-order valence-electron chi connectivity index (χ2n) is 7.94. The fourth-order valence-electron chi connectivity index (χ4n) is 4.03. The molecular weight excluding hydrogens is 378 g/mol. The van der Waals surface area contributed by atoms with Crippen LogP contribution in [0.1, 0.15) is 48.1 Å². The van der Waals surface area contributed by atoms with Crippen molar-refractivity contribution in [3.63, 3.8) is 0 Å². The zero-order valence-corrected chi connectivity index (χ0v) is 17.5. The SMILES string of the molecule is CC(NC(=O)c1ccc(N2CCCCC2=O)cc1)c1ccc(N2CCOCC2)cc1. The summed E-state index contributed by atoms with van der Waals surface area (Å²) in [7, 11) is 0. The third kappa shape index (κ3) is 4.65. The van der Waals surface area contributed by atoms with Gasteiger partial charge < -0.3 is 19.9 Å². The van der Waals surface area contributed by atoms with E-state index in [1.807, 2.05) is 24.0 Å². The summed E-state index contributed by atoms with van der Waals surface area (Å²) in [5.74, 6) is 0.0453. The highest BCUT2D eigenvalue weighted by Crippen LogP contribution is 2.23. The second kappa shape index (κ2) is 9.30. The molecular formula is C24H29N3O3. The van der Waals surface area contributed by atoms with Crippen molar-refractivity contribution in [2.24, 2.45) is 0 Å². The molecule has 2 amide bonds. The first-order chi connectivity index (χ1) is 14.6. The lowest BCUT2D eigenvalue weighted by molar-refractivity contribution is -0.119. The molecule has 2 heterocycles. The summed E-state index contributed by atoms with van der Waals surface area (Å²) in [5, 5.41) is 3.07. The van der Waals surface area contributed by atoms with Crippen LogP contribution in [0.5, 0.6) is 0 Å². The zero-order chi connectivity index (χ0) is 20.9. The van der Waals surface area contributed by atoms with Crippen LogP contribution in [0.4, 0.5) is 11.4 Å². The number of nitrogens with zero attached hydrogens (tertiary/aromatic N) is 2. The molecule has 2 aliphatic heterocycles. The van der Waals surface area contributed by atoms with Crippen molar-refractivity contribution < 1.29 is 14.3 Å². The van der Waals surface area contributed by atoms with Gasteiger partial charge in [-0.25, -0.2) is 0 Å². The molecule has 6 heteroatoms. The number of amides is 2. The van der Waals surface area contributed by atoms with Crippen molar-refractivity contribution in [3.05, 3.63) is 59.7 Å². The van der Waals surface area contributed by atoms with Crippen LogP contribution in [0, 0.1) is 0 Å². The lowest BCUT2D eigenvalue weighted by Crippen LogP contribution is -2.36. The molecule has 0 saturated carbocycles. The Morgan fingerprint density at radius 3 is 2.27 bits per heavy atom. The minimum Gasteiger partial charge on any atom is -0.378 e. The monoisotopic (exact) mass is 407 g/mol. The van der Waals surface area contributed by atoms with Gasteiger partial charge in [0.2, 0.25) is 5.91 Å². The Balaban J connectivity index is 1.36. The molecule has 4 rings (SSSR count). The van der Waals surface area contributed by atoms with Gasteiger partial charge in [0, 0.05) is 43.0 Å². The van der Waals surface area contributed by atoms with Crippen molar-refractivity contribution in [3.8, 4) is 0 Å². The van der Waals surface area contributed by atoms with E-state index in [1.165, 1.54) is 5.69 Å². The van der Waals surface area contributed by atoms with Crippen molar-refractivity contribution >= 4 is 23.2 Å². The first kappa shape index (κ1) is 20.4. The summed E-state index contributed by atoms with van der Waals surface area (Å²) < 4.78 is 5.41. The average Bonchev–Trinajstić information content (AvgIpc) is 2.80. The first-order valence-corrected chi connectivity index (χ1v) is 10.8. The van der Waals surface area contributed by atoms with Crippen LogP contribution in [0.25, 0.3) is 0 Å². The summed E-state index contributed by atoms with van der Waals surface area (Å²) in [6.07, 6.45) is 2.58. The lowest BCUT2D eigenvalue weighted by Gasteiger charge is -2.29. The van der Waals surface area contributed by atoms with Crippen molar-refractivity contribution in [2.45, 2.75) is 32.2 Å². The van der Waals surface area contributed by atoms with Crippen molar-refractivity contribution in [1.29, 1.82) is 0 Å². The lowest BCUT2D eigenvalue weighted by atomic mass is 10.1. The van der Waals surface area contributed by atoms with Crippen LogP contribution in [-0.4, -0.2) is 44.7 Å². The number of hydrogen-bond donors (Lipinski definition) is 1. The van der Waals surface area contributed by atoms with E-state index < -0.39 is 0 Å². The Morgan fingerprint density at radius 2 is 1.60 bits per heavy atom. The number of nitrogens with one attached hydrogen (secondary N) is 1. The maximum atomic E-state index is 12.7. The highest BCUT2D eigenvalue weighted by Gasteiger charge is 2.20. The third-order valence-electron chi connectivity index (χ3n) is 5.88. The zero-order valence-electron chi connectivity index (χ0n) is 17.5. The number of benzene rings is 2. The smallest absolute Gasteiger partial charge is 0.251 e. The number of anilines is 2. The van der Waals surface area contributed by atoms with Gasteiger partial charge in [-0.2, -0.15) is 0 Å². The quantitative estimate of drug-likeness (QED) is 0.824. The molecule has 0 radical (unpaired) electrons. The summed E-state index contributed by atoms with van der Waals surface area (Å²) in [5.41, 5.74) is 3.71. The Labute approximate surface area is 177 Å². The summed E-state index contributed by atoms with van der Waals surface area (Å²) in [6.45, 7) is 6.08. The third-order valence-corrected chi connectivity index (χ3v) is 5.88. The van der Waals surface area contributed by atoms with Crippen LogP contribution in [-0.2, 0) is 9.53 Å². The molecule has 2 saturated heterocycles. The van der Waals surface area contributed by atoms with E-state index in [9.17, 15) is 9.59 Å². The van der Waals surface area contributed by atoms with E-state index in [4.69, 9.17) is 4.74 Å². The fraction of sp³-hybridized carbons (Fsp3) is 0.417. The molecule has 2 fully saturated rings. The second-order valence-corrected chi connectivity index (χ2v) is 7.94. The van der Waals surface area contributed by atoms with Gasteiger partial charge in [-0.1, -0.05) is 12.1 Å². The number of hydrogen-bond acceptors (Lipinski definition) is 4. The number of carbonyl (C=O) groups excluding carboxylic acids is 2. The number of morpholine rings is 1. The fourth-order valence-corrected chi connectivity index (χ4v) is 4.03. The van der Waals surface area contributed by atoms with Gasteiger partial charge in [-0.05, 0) is 61.7 Å². The highest BCUT2D eigenvalue weighted by atomic mass is 16.5. The van der Waals surface area contributed by atoms with E-state index in [0.29, 0.717) is 12.0 Å². The number of carbonyl (C=O) groups is 2. The molecule has 1 atom stereocenters. The molecule has 0 bridgehead atoms. The van der Waals surface area contributed by atoms with Crippen molar-refractivity contribution in [1.82, 2.24) is 5.32 Å². The van der Waals surface area contributed by atoms with Crippen LogP contribution < -0.4 is 15.1 Å². The minimum absolute atomic E-state index is 0.0976. The molecule has 1 N–H and O–H groups in total. The topological polar surface area (TPSA) is 61.9 Å². The van der Waals surface area contributed by atoms with Crippen LogP contribution >= 0.6 is 0 Å². The van der Waals surface area contributed by atoms with Crippen molar-refractivity contribution in [2.75, 3.05) is 42.6 Å². The normalized spacial score (nSPS) is 18.2. The minimum atomic E-state index is -0.115. The van der Waals surface area contributed by atoms with Crippen LogP contribution in [0.2, 0.25) is 0 Å². The molecule has 2 aromatic rings. The molecule has 158 valence electrons. The van der Waals surface area contributed by atoms with E-state index in [-0.39, 0.29) is 17.9 Å². The molecule has 0 aromatic heterocycles. The Bertz CT molecular complexity index is 874. The predicted molar refractivity (Wildman–Crippen MR) is 118 cm³/mol. The summed E-state index contributed by atoms with van der Waals surface area (Å²) >= 11 is 0. The van der Waals surface area contributed by atoms with Gasteiger partial charge in [0.1, 0.15) is 0 Å². The maximum Gasteiger partial charge on any atom is 0.251 e. The van der Waals surface area contributed by atoms with E-state index in [2.05, 4.69) is 34.5 Å².